The number of carbonyl (C=O) groups is 2. The summed E-state index contributed by atoms with van der Waals surface area (Å²) in [6.45, 7) is 1.41. The third kappa shape index (κ3) is 2.58. The number of hydrogen-bond acceptors (Lipinski definition) is 3. The highest BCUT2D eigenvalue weighted by Gasteiger charge is 2.24. The maximum absolute atomic E-state index is 11.7. The lowest BCUT2D eigenvalue weighted by Gasteiger charge is -2.26. The van der Waals surface area contributed by atoms with Gasteiger partial charge in [0.25, 0.3) is 0 Å². The van der Waals surface area contributed by atoms with Crippen LogP contribution in [0.1, 0.15) is 6.92 Å². The van der Waals surface area contributed by atoms with Crippen LogP contribution in [0.15, 0.2) is 30.3 Å². The van der Waals surface area contributed by atoms with Crippen molar-refractivity contribution in [3.8, 4) is 0 Å². The van der Waals surface area contributed by atoms with Gasteiger partial charge in [0.05, 0.1) is 6.54 Å². The minimum absolute atomic E-state index is 0.160. The van der Waals surface area contributed by atoms with Crippen LogP contribution >= 0.6 is 0 Å². The lowest BCUT2D eigenvalue weighted by Crippen LogP contribution is -2.48. The second-order valence-corrected chi connectivity index (χ2v) is 3.38. The van der Waals surface area contributed by atoms with Gasteiger partial charge in [0.2, 0.25) is 11.8 Å². The van der Waals surface area contributed by atoms with Gasteiger partial charge < -0.3 is 11.5 Å². The van der Waals surface area contributed by atoms with Crippen LogP contribution in [-0.4, -0.2) is 24.4 Å². The molecule has 5 nitrogen and oxygen atoms in total. The lowest BCUT2D eigenvalue weighted by molar-refractivity contribution is -0.123. The van der Waals surface area contributed by atoms with Crippen molar-refractivity contribution >= 4 is 17.5 Å². The summed E-state index contributed by atoms with van der Waals surface area (Å²) in [7, 11) is 0. The van der Waals surface area contributed by atoms with Gasteiger partial charge in [0.1, 0.15) is 6.04 Å². The molecule has 0 radical (unpaired) electrons. The Morgan fingerprint density at radius 3 is 2.31 bits per heavy atom. The van der Waals surface area contributed by atoms with E-state index in [1.807, 2.05) is 6.07 Å². The first-order valence-electron chi connectivity index (χ1n) is 4.94. The maximum atomic E-state index is 11.7. The smallest absolute Gasteiger partial charge is 0.241 e. The molecule has 1 aromatic carbocycles. The highest BCUT2D eigenvalue weighted by molar-refractivity contribution is 6.00. The first-order chi connectivity index (χ1) is 7.57. The number of amides is 2. The minimum Gasteiger partial charge on any atom is -0.368 e. The summed E-state index contributed by atoms with van der Waals surface area (Å²) in [5.41, 5.74) is 11.1. The molecule has 4 N–H and O–H groups in total. The molecule has 0 heterocycles. The molecule has 1 rings (SSSR count). The lowest BCUT2D eigenvalue weighted by atomic mass is 10.2. The van der Waals surface area contributed by atoms with E-state index >= 15 is 0 Å². The molecule has 5 heteroatoms. The first kappa shape index (κ1) is 12.2. The minimum atomic E-state index is -0.710. The molecule has 0 bridgehead atoms. The summed E-state index contributed by atoms with van der Waals surface area (Å²) >= 11 is 0. The maximum Gasteiger partial charge on any atom is 0.241 e. The molecule has 1 atom stereocenters. The van der Waals surface area contributed by atoms with E-state index in [-0.39, 0.29) is 12.5 Å². The Balaban J connectivity index is 3.06. The molecular formula is C11H15N3O2. The quantitative estimate of drug-likeness (QED) is 0.741. The molecule has 0 aliphatic rings. The fourth-order valence-electron chi connectivity index (χ4n) is 1.40. The average Bonchev–Trinajstić information content (AvgIpc) is 2.30. The van der Waals surface area contributed by atoms with Crippen LogP contribution < -0.4 is 16.4 Å². The van der Waals surface area contributed by atoms with Crippen molar-refractivity contribution in [2.75, 3.05) is 11.4 Å². The molecule has 0 aromatic heterocycles. The summed E-state index contributed by atoms with van der Waals surface area (Å²) in [6.07, 6.45) is 0. The number of rotatable bonds is 4. The van der Waals surface area contributed by atoms with Gasteiger partial charge in [0.15, 0.2) is 0 Å². The molecule has 16 heavy (non-hydrogen) atoms. The van der Waals surface area contributed by atoms with E-state index in [9.17, 15) is 9.59 Å². The Morgan fingerprint density at radius 2 is 1.88 bits per heavy atom. The molecule has 0 fully saturated rings. The zero-order chi connectivity index (χ0) is 12.1. The van der Waals surface area contributed by atoms with E-state index in [2.05, 4.69) is 0 Å². The number of benzene rings is 1. The van der Waals surface area contributed by atoms with Crippen LogP contribution in [0.25, 0.3) is 0 Å². The van der Waals surface area contributed by atoms with Crippen LogP contribution in [0.5, 0.6) is 0 Å². The molecule has 0 saturated carbocycles. The average molecular weight is 221 g/mol. The number of anilines is 1. The van der Waals surface area contributed by atoms with Gasteiger partial charge in [-0.1, -0.05) is 18.2 Å². The summed E-state index contributed by atoms with van der Waals surface area (Å²) < 4.78 is 0. The van der Waals surface area contributed by atoms with Gasteiger partial charge in [-0.15, -0.1) is 0 Å². The van der Waals surface area contributed by atoms with Gasteiger partial charge in [0, 0.05) is 5.69 Å². The van der Waals surface area contributed by atoms with E-state index in [1.54, 1.807) is 31.2 Å². The number of para-hydroxylation sites is 1. The summed E-state index contributed by atoms with van der Waals surface area (Å²) in [4.78, 5) is 24.1. The van der Waals surface area contributed by atoms with E-state index in [0.717, 1.165) is 0 Å². The number of carbonyl (C=O) groups excluding carboxylic acids is 2. The van der Waals surface area contributed by atoms with E-state index in [0.29, 0.717) is 5.69 Å². The monoisotopic (exact) mass is 221 g/mol. The zero-order valence-electron chi connectivity index (χ0n) is 9.09. The van der Waals surface area contributed by atoms with Gasteiger partial charge in [-0.25, -0.2) is 0 Å². The number of nitrogens with zero attached hydrogens (tertiary/aromatic N) is 1. The Hall–Kier alpha value is -1.88. The van der Waals surface area contributed by atoms with Crippen LogP contribution in [0.4, 0.5) is 5.69 Å². The molecule has 0 aliphatic carbocycles. The van der Waals surface area contributed by atoms with E-state index in [1.165, 1.54) is 4.90 Å². The van der Waals surface area contributed by atoms with Crippen molar-refractivity contribution < 1.29 is 9.59 Å². The van der Waals surface area contributed by atoms with E-state index < -0.39 is 11.9 Å². The zero-order valence-corrected chi connectivity index (χ0v) is 9.09. The second kappa shape index (κ2) is 5.27. The van der Waals surface area contributed by atoms with Gasteiger partial charge >= 0.3 is 0 Å². The van der Waals surface area contributed by atoms with E-state index in [4.69, 9.17) is 11.5 Å². The van der Waals surface area contributed by atoms with Gasteiger partial charge in [-0.05, 0) is 19.1 Å². The summed E-state index contributed by atoms with van der Waals surface area (Å²) in [5.74, 6) is -0.900. The van der Waals surface area contributed by atoms with Crippen LogP contribution in [-0.2, 0) is 9.59 Å². The highest BCUT2D eigenvalue weighted by Crippen LogP contribution is 2.16. The SMILES string of the molecule is C[C@@H](C(N)=O)N(C(=O)CN)c1ccccc1. The largest absolute Gasteiger partial charge is 0.368 e. The topological polar surface area (TPSA) is 89.4 Å². The molecule has 1 aromatic rings. The number of primary amides is 1. The third-order valence-electron chi connectivity index (χ3n) is 2.28. The molecule has 0 saturated heterocycles. The van der Waals surface area contributed by atoms with Crippen molar-refractivity contribution in [3.63, 3.8) is 0 Å². The highest BCUT2D eigenvalue weighted by atomic mass is 16.2. The Bertz CT molecular complexity index is 378. The Kier molecular flexibility index (Phi) is 4.02. The fraction of sp³-hybridized carbons (Fsp3) is 0.273. The molecule has 0 spiro atoms. The predicted molar refractivity (Wildman–Crippen MR) is 61.6 cm³/mol. The normalized spacial score (nSPS) is 11.9. The number of nitrogens with two attached hydrogens (primary N) is 2. The molecule has 86 valence electrons. The molecular weight excluding hydrogens is 206 g/mol. The predicted octanol–water partition coefficient (Wildman–Crippen LogP) is -0.148. The Labute approximate surface area is 94.0 Å². The number of hydrogen-bond donors (Lipinski definition) is 2. The second-order valence-electron chi connectivity index (χ2n) is 3.38. The first-order valence-corrected chi connectivity index (χ1v) is 4.94. The summed E-state index contributed by atoms with van der Waals surface area (Å²) in [6, 6.07) is 8.13. The van der Waals surface area contributed by atoms with Crippen LogP contribution in [0.2, 0.25) is 0 Å². The van der Waals surface area contributed by atoms with Crippen LogP contribution in [0, 0.1) is 0 Å². The van der Waals surface area contributed by atoms with Crippen molar-refractivity contribution in [1.82, 2.24) is 0 Å². The molecule has 2 amide bonds. The molecule has 0 aliphatic heterocycles. The fourth-order valence-corrected chi connectivity index (χ4v) is 1.40. The van der Waals surface area contributed by atoms with Crippen LogP contribution in [0.3, 0.4) is 0 Å². The molecule has 0 unspecified atom stereocenters. The van der Waals surface area contributed by atoms with Gasteiger partial charge in [-0.2, -0.15) is 0 Å². The third-order valence-corrected chi connectivity index (χ3v) is 2.28. The standard InChI is InChI=1S/C11H15N3O2/c1-8(11(13)16)14(10(15)7-12)9-5-3-2-4-6-9/h2-6,8H,7,12H2,1H3,(H2,13,16)/t8-/m0/s1. The summed E-state index contributed by atoms with van der Waals surface area (Å²) in [5, 5.41) is 0. The van der Waals surface area contributed by atoms with Gasteiger partial charge in [-0.3, -0.25) is 14.5 Å². The van der Waals surface area contributed by atoms with Crippen molar-refractivity contribution in [1.29, 1.82) is 0 Å². The van der Waals surface area contributed by atoms with Crippen molar-refractivity contribution in [2.24, 2.45) is 11.5 Å². The van der Waals surface area contributed by atoms with Crippen molar-refractivity contribution in [3.05, 3.63) is 30.3 Å². The van der Waals surface area contributed by atoms with Crippen molar-refractivity contribution in [2.45, 2.75) is 13.0 Å². The Morgan fingerprint density at radius 1 is 1.31 bits per heavy atom.